The zero-order chi connectivity index (χ0) is 26.1. The van der Waals surface area contributed by atoms with Crippen LogP contribution in [0.1, 0.15) is 49.2 Å². The minimum atomic E-state index is -0.537. The van der Waals surface area contributed by atoms with Gasteiger partial charge >= 0.3 is 5.97 Å². The van der Waals surface area contributed by atoms with Crippen LogP contribution in [-0.2, 0) is 27.2 Å². The highest BCUT2D eigenvalue weighted by molar-refractivity contribution is 6.11. The summed E-state index contributed by atoms with van der Waals surface area (Å²) in [7, 11) is 2.78. The van der Waals surface area contributed by atoms with E-state index in [0.29, 0.717) is 23.3 Å². The third kappa shape index (κ3) is 6.95. The first kappa shape index (κ1) is 26.9. The number of hydrogen-bond donors (Lipinski definition) is 2. The molecule has 1 amide bonds. The predicted octanol–water partition coefficient (Wildman–Crippen LogP) is 5.20. The lowest BCUT2D eigenvalue weighted by atomic mass is 10.1. The summed E-state index contributed by atoms with van der Waals surface area (Å²) in [5.41, 5.74) is 4.41. The number of carbonyl (C=O) groups is 2. The van der Waals surface area contributed by atoms with Crippen LogP contribution in [0, 0.1) is 0 Å². The van der Waals surface area contributed by atoms with Crippen LogP contribution in [0.3, 0.4) is 0 Å². The van der Waals surface area contributed by atoms with E-state index < -0.39 is 5.97 Å². The van der Waals surface area contributed by atoms with Crippen LogP contribution < -0.4 is 10.6 Å². The molecule has 2 N–H and O–H groups in total. The number of ether oxygens (including phenoxy) is 2. The first-order chi connectivity index (χ1) is 17.3. The van der Waals surface area contributed by atoms with E-state index in [2.05, 4.69) is 36.3 Å². The first-order valence-corrected chi connectivity index (χ1v) is 12.2. The number of methoxy groups -OCH3 is 2. The number of rotatable bonds is 13. The summed E-state index contributed by atoms with van der Waals surface area (Å²) in [5.74, 6) is -0.899. The fourth-order valence-corrected chi connectivity index (χ4v) is 4.17. The maximum atomic E-state index is 12.9. The van der Waals surface area contributed by atoms with Gasteiger partial charge in [-0.2, -0.15) is 0 Å². The Hall–Kier alpha value is -3.65. The van der Waals surface area contributed by atoms with Gasteiger partial charge in [-0.1, -0.05) is 35.9 Å². The van der Waals surface area contributed by atoms with Crippen molar-refractivity contribution in [1.29, 1.82) is 0 Å². The normalized spacial score (nSPS) is 11.8. The van der Waals surface area contributed by atoms with Crippen LogP contribution in [0.15, 0.2) is 54.7 Å². The molecule has 0 fully saturated rings. The number of aryl methyl sites for hydroxylation is 2. The molecule has 0 bridgehead atoms. The molecule has 1 aromatic carbocycles. The zero-order valence-electron chi connectivity index (χ0n) is 21.6. The number of amides is 1. The highest BCUT2D eigenvalue weighted by atomic mass is 16.5. The third-order valence-electron chi connectivity index (χ3n) is 5.92. The Bertz CT molecular complexity index is 1200. The van der Waals surface area contributed by atoms with Gasteiger partial charge < -0.3 is 24.7 Å². The lowest BCUT2D eigenvalue weighted by Gasteiger charge is -2.15. The first-order valence-electron chi connectivity index (χ1n) is 12.2. The van der Waals surface area contributed by atoms with Crippen LogP contribution in [0.5, 0.6) is 0 Å². The smallest absolute Gasteiger partial charge is 0.356 e. The van der Waals surface area contributed by atoms with Gasteiger partial charge in [0, 0.05) is 25.1 Å². The van der Waals surface area contributed by atoms with Gasteiger partial charge in [0.25, 0.3) is 0 Å². The topological polar surface area (TPSA) is 94.5 Å². The summed E-state index contributed by atoms with van der Waals surface area (Å²) in [6.07, 6.45) is 5.23. The highest BCUT2D eigenvalue weighted by Crippen LogP contribution is 2.33. The Morgan fingerprint density at radius 1 is 1.19 bits per heavy atom. The van der Waals surface area contributed by atoms with Crippen molar-refractivity contribution in [3.8, 4) is 0 Å². The summed E-state index contributed by atoms with van der Waals surface area (Å²) >= 11 is 0. The molecule has 0 saturated carbocycles. The van der Waals surface area contributed by atoms with Crippen LogP contribution in [0.4, 0.5) is 11.4 Å². The molecule has 0 radical (unpaired) electrons. The van der Waals surface area contributed by atoms with Crippen LogP contribution in [0.25, 0.3) is 11.0 Å². The fourth-order valence-electron chi connectivity index (χ4n) is 4.17. The summed E-state index contributed by atoms with van der Waals surface area (Å²) < 4.78 is 11.9. The summed E-state index contributed by atoms with van der Waals surface area (Å²) in [5, 5.41) is 6.98. The lowest BCUT2D eigenvalue weighted by molar-refractivity contribution is -0.119. The molecule has 8 heteroatoms. The third-order valence-corrected chi connectivity index (χ3v) is 5.92. The number of nitrogens with one attached hydrogen (secondary N) is 2. The number of pyridine rings is 1. The maximum absolute atomic E-state index is 12.9. The number of nitrogens with zero attached hydrogens (tertiary/aromatic N) is 2. The van der Waals surface area contributed by atoms with E-state index in [4.69, 9.17) is 14.5 Å². The van der Waals surface area contributed by atoms with Gasteiger partial charge in [-0.25, -0.2) is 9.78 Å². The van der Waals surface area contributed by atoms with Gasteiger partial charge in [-0.15, -0.1) is 6.58 Å². The number of carbonyl (C=O) groups excluding carboxylic acids is 2. The molecule has 0 saturated heterocycles. The molecule has 2 aromatic heterocycles. The van der Waals surface area contributed by atoms with Gasteiger partial charge in [0.1, 0.15) is 12.3 Å². The summed E-state index contributed by atoms with van der Waals surface area (Å²) in [6.45, 7) is 8.49. The SMILES string of the molecule is C=C(C)CC[C@H](C)Nc1cnc2c(c1)c(NC(=O)COC)c(C(=O)OC)n2CCCc1ccccc1. The Balaban J connectivity index is 2.00. The molecule has 1 atom stereocenters. The van der Waals surface area contributed by atoms with Crippen molar-refractivity contribution in [2.45, 2.75) is 52.1 Å². The molecule has 8 nitrogen and oxygen atoms in total. The molecule has 0 aliphatic carbocycles. The molecule has 36 heavy (non-hydrogen) atoms. The maximum Gasteiger partial charge on any atom is 0.356 e. The van der Waals surface area contributed by atoms with Gasteiger partial charge in [-0.3, -0.25) is 4.79 Å². The van der Waals surface area contributed by atoms with Crippen LogP contribution in [-0.4, -0.2) is 48.3 Å². The Kier molecular flexibility index (Phi) is 9.64. The summed E-state index contributed by atoms with van der Waals surface area (Å²) in [6, 6.07) is 12.3. The van der Waals surface area contributed by atoms with Crippen molar-refractivity contribution in [2.75, 3.05) is 31.5 Å². The number of benzene rings is 1. The number of anilines is 2. The van der Waals surface area contributed by atoms with E-state index in [1.807, 2.05) is 35.8 Å². The van der Waals surface area contributed by atoms with Crippen molar-refractivity contribution in [3.63, 3.8) is 0 Å². The Labute approximate surface area is 212 Å². The zero-order valence-corrected chi connectivity index (χ0v) is 21.6. The average molecular weight is 493 g/mol. The van der Waals surface area contributed by atoms with Gasteiger partial charge in [-0.05, 0) is 51.2 Å². The molecule has 0 aliphatic rings. The second-order valence-electron chi connectivity index (χ2n) is 9.07. The number of fused-ring (bicyclic) bond motifs is 1. The molecule has 3 aromatic rings. The van der Waals surface area contributed by atoms with Crippen LogP contribution >= 0.6 is 0 Å². The van der Waals surface area contributed by atoms with E-state index in [9.17, 15) is 9.59 Å². The molecular formula is C28H36N4O4. The Morgan fingerprint density at radius 3 is 2.61 bits per heavy atom. The number of allylic oxidation sites excluding steroid dienone is 1. The van der Waals surface area contributed by atoms with Gasteiger partial charge in [0.15, 0.2) is 5.69 Å². The molecule has 2 heterocycles. The van der Waals surface area contributed by atoms with E-state index in [1.165, 1.54) is 19.8 Å². The molecular weight excluding hydrogens is 456 g/mol. The number of esters is 1. The van der Waals surface area contributed by atoms with E-state index in [0.717, 1.165) is 36.9 Å². The highest BCUT2D eigenvalue weighted by Gasteiger charge is 2.26. The predicted molar refractivity (Wildman–Crippen MR) is 143 cm³/mol. The number of aromatic nitrogens is 2. The summed E-state index contributed by atoms with van der Waals surface area (Å²) in [4.78, 5) is 30.1. The molecule has 0 aliphatic heterocycles. The molecule has 0 spiro atoms. The van der Waals surface area contributed by atoms with Crippen molar-refractivity contribution < 1.29 is 19.1 Å². The van der Waals surface area contributed by atoms with E-state index in [1.54, 1.807) is 6.20 Å². The number of hydrogen-bond acceptors (Lipinski definition) is 6. The molecule has 192 valence electrons. The van der Waals surface area contributed by atoms with Crippen molar-refractivity contribution in [3.05, 3.63) is 66.0 Å². The van der Waals surface area contributed by atoms with Gasteiger partial charge in [0.05, 0.1) is 24.7 Å². The second-order valence-corrected chi connectivity index (χ2v) is 9.07. The second kappa shape index (κ2) is 12.9. The minimum Gasteiger partial charge on any atom is -0.464 e. The standard InChI is InChI=1S/C28H36N4O4/c1-19(2)13-14-20(3)30-22-16-23-25(31-24(33)18-35-4)26(28(34)36-5)32(27(23)29-17-22)15-9-12-21-10-7-6-8-11-21/h6-8,10-11,16-17,20,30H,1,9,12-15,18H2,2-5H3,(H,31,33)/t20-/m0/s1. The lowest BCUT2D eigenvalue weighted by Crippen LogP contribution is -2.20. The Morgan fingerprint density at radius 2 is 1.94 bits per heavy atom. The molecule has 0 unspecified atom stereocenters. The quantitative estimate of drug-likeness (QED) is 0.252. The molecule has 3 rings (SSSR count). The average Bonchev–Trinajstić information content (AvgIpc) is 3.15. The fraction of sp³-hybridized carbons (Fsp3) is 0.393. The largest absolute Gasteiger partial charge is 0.464 e. The van der Waals surface area contributed by atoms with Crippen LogP contribution in [0.2, 0.25) is 0 Å². The van der Waals surface area contributed by atoms with Crippen molar-refractivity contribution in [2.24, 2.45) is 0 Å². The van der Waals surface area contributed by atoms with Crippen molar-refractivity contribution in [1.82, 2.24) is 9.55 Å². The van der Waals surface area contributed by atoms with E-state index >= 15 is 0 Å². The van der Waals surface area contributed by atoms with Gasteiger partial charge in [0.2, 0.25) is 5.91 Å². The minimum absolute atomic E-state index is 0.134. The van der Waals surface area contributed by atoms with E-state index in [-0.39, 0.29) is 24.2 Å². The van der Waals surface area contributed by atoms with Crippen molar-refractivity contribution >= 4 is 34.3 Å². The monoisotopic (exact) mass is 492 g/mol.